The fourth-order valence-electron chi connectivity index (χ4n) is 4.50. The van der Waals surface area contributed by atoms with Crippen LogP contribution in [0.1, 0.15) is 55.6 Å². The predicted octanol–water partition coefficient (Wildman–Crippen LogP) is 3.73. The number of halogens is 1. The molecule has 178 valence electrons. The quantitative estimate of drug-likeness (QED) is 0.597. The summed E-state index contributed by atoms with van der Waals surface area (Å²) in [5.74, 6) is -0.779. The maximum atomic E-state index is 13.3. The lowest BCUT2D eigenvalue weighted by Crippen LogP contribution is -2.58. The standard InChI is InChI=1S/C26H33ClN2O4/c1-17(18(2)28-23(31)20-7-5-6-19(14-20)15-30)24(32)29-13-12-26(33,25(3,4)16-29)21-8-10-22(27)11-9-21/h5-11,14,17-18,30,33H,12-13,15-16H2,1-4H3,(H,28,31)/t17-,18?,26+/m1/s1. The number of benzene rings is 2. The number of hydrogen-bond acceptors (Lipinski definition) is 4. The number of amides is 2. The van der Waals surface area contributed by atoms with E-state index in [0.29, 0.717) is 35.7 Å². The van der Waals surface area contributed by atoms with Gasteiger partial charge in [0.25, 0.3) is 5.91 Å². The summed E-state index contributed by atoms with van der Waals surface area (Å²) in [4.78, 5) is 27.7. The van der Waals surface area contributed by atoms with Gasteiger partial charge >= 0.3 is 0 Å². The number of hydrogen-bond donors (Lipinski definition) is 3. The molecule has 3 N–H and O–H groups in total. The summed E-state index contributed by atoms with van der Waals surface area (Å²) in [7, 11) is 0. The SMILES string of the molecule is CC(NC(=O)c1cccc(CO)c1)[C@@H](C)C(=O)N1CC[C@](O)(c2ccc(Cl)cc2)C(C)(C)C1. The Balaban J connectivity index is 1.67. The van der Waals surface area contributed by atoms with Crippen molar-refractivity contribution in [2.24, 2.45) is 11.3 Å². The highest BCUT2D eigenvalue weighted by atomic mass is 35.5. The zero-order valence-electron chi connectivity index (χ0n) is 19.6. The molecule has 0 bridgehead atoms. The number of aliphatic hydroxyl groups excluding tert-OH is 1. The highest BCUT2D eigenvalue weighted by Crippen LogP contribution is 2.46. The van der Waals surface area contributed by atoms with Crippen molar-refractivity contribution in [2.75, 3.05) is 13.1 Å². The second-order valence-electron chi connectivity index (χ2n) is 9.67. The van der Waals surface area contributed by atoms with Gasteiger partial charge < -0.3 is 20.4 Å². The van der Waals surface area contributed by atoms with Crippen molar-refractivity contribution in [3.8, 4) is 0 Å². The average Bonchev–Trinajstić information content (AvgIpc) is 2.80. The summed E-state index contributed by atoms with van der Waals surface area (Å²) in [5, 5.41) is 24.3. The Kier molecular flexibility index (Phi) is 7.52. The summed E-state index contributed by atoms with van der Waals surface area (Å²) in [6, 6.07) is 13.6. The van der Waals surface area contributed by atoms with Gasteiger partial charge in [0.1, 0.15) is 0 Å². The van der Waals surface area contributed by atoms with Crippen LogP contribution in [0.15, 0.2) is 48.5 Å². The molecule has 0 radical (unpaired) electrons. The van der Waals surface area contributed by atoms with E-state index in [2.05, 4.69) is 5.32 Å². The molecular weight excluding hydrogens is 440 g/mol. The topological polar surface area (TPSA) is 89.9 Å². The zero-order valence-corrected chi connectivity index (χ0v) is 20.4. The Hall–Kier alpha value is -2.41. The van der Waals surface area contributed by atoms with Crippen LogP contribution in [0.3, 0.4) is 0 Å². The van der Waals surface area contributed by atoms with Crippen molar-refractivity contribution in [3.05, 3.63) is 70.2 Å². The van der Waals surface area contributed by atoms with Gasteiger partial charge in [-0.25, -0.2) is 0 Å². The lowest BCUT2D eigenvalue weighted by atomic mass is 9.66. The smallest absolute Gasteiger partial charge is 0.251 e. The molecule has 2 amide bonds. The molecular formula is C26H33ClN2O4. The number of rotatable bonds is 6. The number of likely N-dealkylation sites (tertiary alicyclic amines) is 1. The first kappa shape index (κ1) is 25.2. The van der Waals surface area contributed by atoms with Crippen LogP contribution in [0.5, 0.6) is 0 Å². The van der Waals surface area contributed by atoms with Crippen LogP contribution in [0, 0.1) is 11.3 Å². The number of aliphatic hydroxyl groups is 2. The number of carbonyl (C=O) groups excluding carboxylic acids is 2. The van der Waals surface area contributed by atoms with E-state index >= 15 is 0 Å². The molecule has 0 spiro atoms. The fraction of sp³-hybridized carbons (Fsp3) is 0.462. The van der Waals surface area contributed by atoms with E-state index in [1.807, 2.05) is 39.8 Å². The Morgan fingerprint density at radius 2 is 1.82 bits per heavy atom. The van der Waals surface area contributed by atoms with Crippen molar-refractivity contribution in [2.45, 2.75) is 52.4 Å². The van der Waals surface area contributed by atoms with Crippen molar-refractivity contribution in [3.63, 3.8) is 0 Å². The monoisotopic (exact) mass is 472 g/mol. The minimum atomic E-state index is -1.07. The molecule has 0 aromatic heterocycles. The van der Waals surface area contributed by atoms with Crippen LogP contribution in [0.25, 0.3) is 0 Å². The molecule has 1 aliphatic rings. The normalized spacial score (nSPS) is 21.8. The van der Waals surface area contributed by atoms with Gasteiger partial charge in [0.05, 0.1) is 18.1 Å². The molecule has 1 saturated heterocycles. The first-order valence-corrected chi connectivity index (χ1v) is 11.6. The molecule has 33 heavy (non-hydrogen) atoms. The van der Waals surface area contributed by atoms with Gasteiger partial charge in [-0.15, -0.1) is 0 Å². The second-order valence-corrected chi connectivity index (χ2v) is 10.1. The summed E-state index contributed by atoms with van der Waals surface area (Å²) in [6.45, 7) is 8.23. The highest BCUT2D eigenvalue weighted by Gasteiger charge is 2.50. The Bertz CT molecular complexity index is 1010. The average molecular weight is 473 g/mol. The lowest BCUT2D eigenvalue weighted by Gasteiger charge is -2.51. The molecule has 3 rings (SSSR count). The minimum Gasteiger partial charge on any atom is -0.392 e. The van der Waals surface area contributed by atoms with Gasteiger partial charge in [0.2, 0.25) is 5.91 Å². The highest BCUT2D eigenvalue weighted by molar-refractivity contribution is 6.30. The van der Waals surface area contributed by atoms with E-state index in [0.717, 1.165) is 5.56 Å². The van der Waals surface area contributed by atoms with Crippen LogP contribution >= 0.6 is 11.6 Å². The van der Waals surface area contributed by atoms with Crippen molar-refractivity contribution in [1.82, 2.24) is 10.2 Å². The van der Waals surface area contributed by atoms with Crippen molar-refractivity contribution >= 4 is 23.4 Å². The minimum absolute atomic E-state index is 0.0573. The third kappa shape index (κ3) is 5.24. The fourth-order valence-corrected chi connectivity index (χ4v) is 4.62. The van der Waals surface area contributed by atoms with Crippen molar-refractivity contribution in [1.29, 1.82) is 0 Å². The summed E-state index contributed by atoms with van der Waals surface area (Å²) < 4.78 is 0. The van der Waals surface area contributed by atoms with E-state index in [1.165, 1.54) is 0 Å². The van der Waals surface area contributed by atoms with E-state index in [9.17, 15) is 19.8 Å². The summed E-state index contributed by atoms with van der Waals surface area (Å²) >= 11 is 6.01. The number of piperidine rings is 1. The summed E-state index contributed by atoms with van der Waals surface area (Å²) in [6.07, 6.45) is 0.411. The zero-order chi connectivity index (χ0) is 24.4. The lowest BCUT2D eigenvalue weighted by molar-refractivity contribution is -0.156. The largest absolute Gasteiger partial charge is 0.392 e. The van der Waals surface area contributed by atoms with Gasteiger partial charge in [-0.3, -0.25) is 9.59 Å². The number of nitrogens with one attached hydrogen (secondary N) is 1. The van der Waals surface area contributed by atoms with E-state index in [1.54, 1.807) is 41.3 Å². The maximum absolute atomic E-state index is 13.3. The van der Waals surface area contributed by atoms with Crippen LogP contribution < -0.4 is 5.32 Å². The number of carbonyl (C=O) groups is 2. The maximum Gasteiger partial charge on any atom is 0.251 e. The molecule has 3 atom stereocenters. The first-order valence-electron chi connectivity index (χ1n) is 11.3. The van der Waals surface area contributed by atoms with E-state index < -0.39 is 16.9 Å². The third-order valence-corrected chi connectivity index (χ3v) is 7.20. The predicted molar refractivity (Wildman–Crippen MR) is 129 cm³/mol. The third-order valence-electron chi connectivity index (χ3n) is 6.95. The number of nitrogens with zero attached hydrogens (tertiary/aromatic N) is 1. The molecule has 1 fully saturated rings. The second kappa shape index (κ2) is 9.84. The molecule has 1 unspecified atom stereocenters. The molecule has 1 aliphatic heterocycles. The van der Waals surface area contributed by atoms with Crippen molar-refractivity contribution < 1.29 is 19.8 Å². The van der Waals surface area contributed by atoms with Gasteiger partial charge in [0.15, 0.2) is 0 Å². The van der Waals surface area contributed by atoms with E-state index in [4.69, 9.17) is 11.6 Å². The molecule has 1 heterocycles. The van der Waals surface area contributed by atoms with Gasteiger partial charge in [0, 0.05) is 35.1 Å². The molecule has 2 aromatic carbocycles. The molecule has 0 aliphatic carbocycles. The first-order chi connectivity index (χ1) is 15.5. The Morgan fingerprint density at radius 3 is 2.42 bits per heavy atom. The van der Waals surface area contributed by atoms with Crippen LogP contribution in [-0.2, 0) is 17.0 Å². The van der Waals surface area contributed by atoms with Gasteiger partial charge in [-0.05, 0) is 48.7 Å². The van der Waals surface area contributed by atoms with Crippen LogP contribution in [0.2, 0.25) is 5.02 Å². The van der Waals surface area contributed by atoms with Gasteiger partial charge in [-0.1, -0.05) is 56.6 Å². The molecule has 7 heteroatoms. The molecule has 2 aromatic rings. The van der Waals surface area contributed by atoms with Gasteiger partial charge in [-0.2, -0.15) is 0 Å². The van der Waals surface area contributed by atoms with Crippen LogP contribution in [-0.4, -0.2) is 46.1 Å². The van der Waals surface area contributed by atoms with E-state index in [-0.39, 0.29) is 24.5 Å². The summed E-state index contributed by atoms with van der Waals surface area (Å²) in [5.41, 5.74) is 0.243. The molecule has 6 nitrogen and oxygen atoms in total. The Labute approximate surface area is 200 Å². The Morgan fingerprint density at radius 1 is 1.15 bits per heavy atom. The van der Waals surface area contributed by atoms with Crippen LogP contribution in [0.4, 0.5) is 0 Å². The molecule has 0 saturated carbocycles.